The van der Waals surface area contributed by atoms with Gasteiger partial charge in [-0.05, 0) is 0 Å². The second-order valence-electron chi connectivity index (χ2n) is 2.32. The van der Waals surface area contributed by atoms with Crippen LogP contribution in [0.2, 0.25) is 0 Å². The molecule has 0 saturated carbocycles. The van der Waals surface area contributed by atoms with Crippen LogP contribution in [0.4, 0.5) is 0 Å². The van der Waals surface area contributed by atoms with Gasteiger partial charge in [-0.25, -0.2) is 9.79 Å². The zero-order valence-corrected chi connectivity index (χ0v) is 8.81. The minimum atomic E-state index is -1.70. The number of rotatable bonds is 1. The largest absolute Gasteiger partial charge is 0.473 e. The van der Waals surface area contributed by atoms with Gasteiger partial charge in [0.1, 0.15) is 0 Å². The Balaban J connectivity index is 2.74. The molecule has 1 heterocycles. The monoisotopic (exact) mass is 245 g/mol. The van der Waals surface area contributed by atoms with Gasteiger partial charge in [0.2, 0.25) is 3.79 Å². The minimum absolute atomic E-state index is 0.593. The van der Waals surface area contributed by atoms with Gasteiger partial charge in [-0.3, -0.25) is 0 Å². The van der Waals surface area contributed by atoms with Crippen molar-refractivity contribution in [1.82, 2.24) is 0 Å². The number of esters is 1. The molecule has 1 rings (SSSR count). The number of ether oxygens (including phenoxy) is 2. The number of methoxy groups -OCH3 is 1. The molecule has 0 N–H and O–H groups in total. The molecule has 1 aliphatic heterocycles. The quantitative estimate of drug-likeness (QED) is 0.518. The smallest absolute Gasteiger partial charge is 0.334 e. The van der Waals surface area contributed by atoms with E-state index in [1.54, 1.807) is 0 Å². The van der Waals surface area contributed by atoms with Crippen molar-refractivity contribution in [2.75, 3.05) is 7.11 Å². The third kappa shape index (κ3) is 2.39. The summed E-state index contributed by atoms with van der Waals surface area (Å²) in [5.74, 6) is -0.593. The Morgan fingerprint density at radius 2 is 2.23 bits per heavy atom. The molecule has 0 fully saturated rings. The van der Waals surface area contributed by atoms with Crippen LogP contribution < -0.4 is 0 Å². The summed E-state index contributed by atoms with van der Waals surface area (Å²) >= 11 is 16.7. The summed E-state index contributed by atoms with van der Waals surface area (Å²) in [4.78, 5) is 14.8. The molecule has 4 nitrogen and oxygen atoms in total. The third-order valence-corrected chi connectivity index (χ3v) is 2.13. The average molecular weight is 246 g/mol. The number of hydrogen-bond acceptors (Lipinski definition) is 4. The van der Waals surface area contributed by atoms with Crippen molar-refractivity contribution in [2.45, 2.75) is 15.9 Å². The fourth-order valence-corrected chi connectivity index (χ4v) is 1.39. The lowest BCUT2D eigenvalue weighted by Crippen LogP contribution is -2.40. The van der Waals surface area contributed by atoms with Crippen LogP contribution in [0.25, 0.3) is 0 Å². The molecular weight excluding hydrogens is 240 g/mol. The zero-order valence-electron chi connectivity index (χ0n) is 6.54. The molecule has 0 amide bonds. The number of nitrogens with zero attached hydrogens (tertiary/aromatic N) is 1. The van der Waals surface area contributed by atoms with E-state index in [0.29, 0.717) is 0 Å². The van der Waals surface area contributed by atoms with Gasteiger partial charge < -0.3 is 9.47 Å². The summed E-state index contributed by atoms with van der Waals surface area (Å²) in [6, 6.07) is -0.905. The number of halogens is 3. The van der Waals surface area contributed by atoms with Gasteiger partial charge in [0.05, 0.1) is 7.11 Å². The molecule has 0 spiro atoms. The Labute approximate surface area is 89.8 Å². The maximum Gasteiger partial charge on any atom is 0.334 e. The molecule has 7 heteroatoms. The zero-order chi connectivity index (χ0) is 10.1. The SMILES string of the molecule is COC(=O)[C@H]1N=CO[C@@H]1C(Cl)(Cl)Cl. The van der Waals surface area contributed by atoms with Crippen LogP contribution in [0.5, 0.6) is 0 Å². The average Bonchev–Trinajstić information content (AvgIpc) is 2.49. The molecule has 0 aromatic heterocycles. The van der Waals surface area contributed by atoms with Crippen LogP contribution in [0, 0.1) is 0 Å². The summed E-state index contributed by atoms with van der Waals surface area (Å²) in [6.07, 6.45) is 0.152. The van der Waals surface area contributed by atoms with Gasteiger partial charge in [0.15, 0.2) is 18.5 Å². The highest BCUT2D eigenvalue weighted by atomic mass is 35.6. The molecule has 13 heavy (non-hydrogen) atoms. The van der Waals surface area contributed by atoms with E-state index in [1.165, 1.54) is 7.11 Å². The molecule has 2 atom stereocenters. The van der Waals surface area contributed by atoms with Crippen LogP contribution in [0.3, 0.4) is 0 Å². The highest BCUT2D eigenvalue weighted by Crippen LogP contribution is 2.36. The first-order chi connectivity index (χ1) is 5.96. The maximum atomic E-state index is 11.1. The molecule has 1 aliphatic rings. The lowest BCUT2D eigenvalue weighted by Gasteiger charge is -2.21. The third-order valence-electron chi connectivity index (χ3n) is 1.48. The van der Waals surface area contributed by atoms with E-state index in [4.69, 9.17) is 39.5 Å². The highest BCUT2D eigenvalue weighted by molar-refractivity contribution is 6.68. The van der Waals surface area contributed by atoms with Crippen molar-refractivity contribution in [3.8, 4) is 0 Å². The summed E-state index contributed by atoms with van der Waals surface area (Å²) in [5, 5.41) is 0. The van der Waals surface area contributed by atoms with Gasteiger partial charge in [-0.1, -0.05) is 34.8 Å². The van der Waals surface area contributed by atoms with Crippen LogP contribution in [0.1, 0.15) is 0 Å². The Kier molecular flexibility index (Phi) is 3.27. The normalized spacial score (nSPS) is 27.1. The van der Waals surface area contributed by atoms with Gasteiger partial charge in [0, 0.05) is 0 Å². The van der Waals surface area contributed by atoms with Crippen LogP contribution in [-0.4, -0.2) is 35.4 Å². The first-order valence-corrected chi connectivity index (χ1v) is 4.42. The number of alkyl halides is 3. The standard InChI is InChI=1S/C6H6Cl3NO3/c1-12-5(11)3-4(6(7,8)9)13-2-10-3/h2-4H,1H3/t3-,4-/m0/s1. The molecule has 0 aromatic rings. The van der Waals surface area contributed by atoms with E-state index in [0.717, 1.165) is 6.40 Å². The number of carbonyl (C=O) groups excluding carboxylic acids is 1. The maximum absolute atomic E-state index is 11.1. The van der Waals surface area contributed by atoms with Crippen molar-refractivity contribution in [1.29, 1.82) is 0 Å². The van der Waals surface area contributed by atoms with Gasteiger partial charge >= 0.3 is 5.97 Å². The molecule has 0 unspecified atom stereocenters. The molecule has 74 valence electrons. The topological polar surface area (TPSA) is 47.9 Å². The minimum Gasteiger partial charge on any atom is -0.473 e. The fourth-order valence-electron chi connectivity index (χ4n) is 0.880. The van der Waals surface area contributed by atoms with Crippen molar-refractivity contribution in [2.24, 2.45) is 4.99 Å². The molecule has 0 saturated heterocycles. The fraction of sp³-hybridized carbons (Fsp3) is 0.667. The molecule has 0 bridgehead atoms. The van der Waals surface area contributed by atoms with E-state index >= 15 is 0 Å². The van der Waals surface area contributed by atoms with E-state index in [-0.39, 0.29) is 0 Å². The van der Waals surface area contributed by atoms with Gasteiger partial charge in [0.25, 0.3) is 0 Å². The summed E-state index contributed by atoms with van der Waals surface area (Å²) in [5.41, 5.74) is 0. The van der Waals surface area contributed by atoms with E-state index in [1.807, 2.05) is 0 Å². The predicted molar refractivity (Wildman–Crippen MR) is 49.5 cm³/mol. The first-order valence-electron chi connectivity index (χ1n) is 3.28. The summed E-state index contributed by atoms with van der Waals surface area (Å²) in [7, 11) is 1.23. The van der Waals surface area contributed by atoms with Crippen molar-refractivity contribution >= 4 is 47.2 Å². The number of aliphatic imine (C=N–C) groups is 1. The van der Waals surface area contributed by atoms with E-state index < -0.39 is 21.9 Å². The lowest BCUT2D eigenvalue weighted by atomic mass is 10.2. The Bertz CT molecular complexity index is 238. The van der Waals surface area contributed by atoms with Crippen LogP contribution in [0.15, 0.2) is 4.99 Å². The van der Waals surface area contributed by atoms with Gasteiger partial charge in [-0.15, -0.1) is 0 Å². The van der Waals surface area contributed by atoms with Crippen LogP contribution in [-0.2, 0) is 14.3 Å². The lowest BCUT2D eigenvalue weighted by molar-refractivity contribution is -0.143. The number of carbonyl (C=O) groups is 1. The second-order valence-corrected chi connectivity index (χ2v) is 4.69. The summed E-state index contributed by atoms with van der Waals surface area (Å²) in [6.45, 7) is 0. The van der Waals surface area contributed by atoms with Gasteiger partial charge in [-0.2, -0.15) is 0 Å². The predicted octanol–water partition coefficient (Wildman–Crippen LogP) is 1.33. The molecule has 0 radical (unpaired) electrons. The van der Waals surface area contributed by atoms with E-state index in [9.17, 15) is 4.79 Å². The highest BCUT2D eigenvalue weighted by Gasteiger charge is 2.46. The second kappa shape index (κ2) is 3.90. The Morgan fingerprint density at radius 1 is 1.62 bits per heavy atom. The molecule has 0 aliphatic carbocycles. The Hall–Kier alpha value is -0.190. The molecular formula is C6H6Cl3NO3. The Morgan fingerprint density at radius 3 is 2.69 bits per heavy atom. The van der Waals surface area contributed by atoms with Crippen molar-refractivity contribution < 1.29 is 14.3 Å². The first kappa shape index (κ1) is 10.9. The number of hydrogen-bond donors (Lipinski definition) is 0. The molecule has 0 aromatic carbocycles. The summed E-state index contributed by atoms with van der Waals surface area (Å²) < 4.78 is 7.62. The van der Waals surface area contributed by atoms with E-state index in [2.05, 4.69) is 9.73 Å². The van der Waals surface area contributed by atoms with Crippen LogP contribution >= 0.6 is 34.8 Å². The van der Waals surface area contributed by atoms with Crippen molar-refractivity contribution in [3.63, 3.8) is 0 Å². The van der Waals surface area contributed by atoms with Crippen molar-refractivity contribution in [3.05, 3.63) is 0 Å².